The summed E-state index contributed by atoms with van der Waals surface area (Å²) in [5.74, 6) is -0.490. The largest absolute Gasteiger partial charge is 0.390 e. The van der Waals surface area contributed by atoms with E-state index in [0.29, 0.717) is 23.5 Å². The average Bonchev–Trinajstić information content (AvgIpc) is 3.51. The first-order chi connectivity index (χ1) is 14.5. The van der Waals surface area contributed by atoms with Gasteiger partial charge in [-0.05, 0) is 30.5 Å². The Hall–Kier alpha value is -3.04. The highest BCUT2D eigenvalue weighted by Crippen LogP contribution is 2.33. The van der Waals surface area contributed by atoms with Gasteiger partial charge in [0.1, 0.15) is 6.61 Å². The second kappa shape index (κ2) is 8.76. The zero-order valence-corrected chi connectivity index (χ0v) is 17.5. The molecule has 0 saturated heterocycles. The number of oxime groups is 1. The van der Waals surface area contributed by atoms with E-state index in [9.17, 15) is 13.2 Å². The monoisotopic (exact) mass is 441 g/mol. The lowest BCUT2D eigenvalue weighted by atomic mass is 10.1. The van der Waals surface area contributed by atoms with Crippen molar-refractivity contribution in [2.24, 2.45) is 5.16 Å². The summed E-state index contributed by atoms with van der Waals surface area (Å²) in [6, 6.07) is 15.6. The Morgan fingerprint density at radius 3 is 2.50 bits per heavy atom. The average molecular weight is 442 g/mol. The van der Waals surface area contributed by atoms with E-state index in [1.807, 2.05) is 30.3 Å². The number of sulfone groups is 1. The number of carbonyl (C=O) groups is 1. The molecule has 0 atom stereocenters. The van der Waals surface area contributed by atoms with Crippen LogP contribution in [0.2, 0.25) is 0 Å². The molecule has 0 spiro atoms. The van der Waals surface area contributed by atoms with Crippen LogP contribution in [-0.4, -0.2) is 30.3 Å². The molecule has 1 amide bonds. The van der Waals surface area contributed by atoms with Gasteiger partial charge >= 0.3 is 0 Å². The number of hydrogen-bond donors (Lipinski definition) is 1. The van der Waals surface area contributed by atoms with Crippen LogP contribution in [0, 0.1) is 0 Å². The van der Waals surface area contributed by atoms with E-state index in [-0.39, 0.29) is 22.5 Å². The topological polar surface area (TPSA) is 97.7 Å². The number of amides is 1. The molecule has 0 radical (unpaired) electrons. The van der Waals surface area contributed by atoms with E-state index < -0.39 is 15.7 Å². The summed E-state index contributed by atoms with van der Waals surface area (Å²) in [5.41, 5.74) is 1.40. The van der Waals surface area contributed by atoms with Crippen molar-refractivity contribution in [1.29, 1.82) is 0 Å². The Morgan fingerprint density at radius 1 is 1.13 bits per heavy atom. The number of anilines is 1. The van der Waals surface area contributed by atoms with E-state index in [2.05, 4.69) is 15.5 Å². The van der Waals surface area contributed by atoms with Gasteiger partial charge in [-0.15, -0.1) is 11.3 Å². The molecule has 0 bridgehead atoms. The van der Waals surface area contributed by atoms with Crippen molar-refractivity contribution in [2.45, 2.75) is 29.6 Å². The normalized spacial score (nSPS) is 14.3. The number of rotatable bonds is 8. The maximum Gasteiger partial charge on any atom is 0.280 e. The van der Waals surface area contributed by atoms with Crippen molar-refractivity contribution in [3.63, 3.8) is 0 Å². The molecular weight excluding hydrogens is 422 g/mol. The second-order valence-electron chi connectivity index (χ2n) is 6.76. The lowest BCUT2D eigenvalue weighted by Crippen LogP contribution is -2.24. The fourth-order valence-corrected chi connectivity index (χ4v) is 4.97. The minimum Gasteiger partial charge on any atom is -0.390 e. The molecule has 1 saturated carbocycles. The first-order valence-electron chi connectivity index (χ1n) is 9.33. The Labute approximate surface area is 178 Å². The molecule has 154 valence electrons. The molecule has 30 heavy (non-hydrogen) atoms. The summed E-state index contributed by atoms with van der Waals surface area (Å²) < 4.78 is 24.8. The van der Waals surface area contributed by atoms with Crippen molar-refractivity contribution in [2.75, 3.05) is 5.32 Å². The van der Waals surface area contributed by atoms with Gasteiger partial charge in [0.15, 0.2) is 20.7 Å². The summed E-state index contributed by atoms with van der Waals surface area (Å²) >= 11 is 1.28. The summed E-state index contributed by atoms with van der Waals surface area (Å²) in [4.78, 5) is 22.5. The molecule has 0 unspecified atom stereocenters. The number of benzene rings is 2. The van der Waals surface area contributed by atoms with Gasteiger partial charge in [0.05, 0.1) is 10.1 Å². The van der Waals surface area contributed by atoms with Crippen molar-refractivity contribution in [1.82, 2.24) is 4.98 Å². The van der Waals surface area contributed by atoms with Crippen LogP contribution in [-0.2, 0) is 26.1 Å². The lowest BCUT2D eigenvalue weighted by molar-refractivity contribution is -0.110. The zero-order chi connectivity index (χ0) is 21.0. The molecule has 7 nitrogen and oxygen atoms in total. The van der Waals surface area contributed by atoms with Gasteiger partial charge in [-0.25, -0.2) is 13.4 Å². The Bertz CT molecular complexity index is 1140. The molecule has 1 N–H and O–H groups in total. The Morgan fingerprint density at radius 2 is 1.87 bits per heavy atom. The smallest absolute Gasteiger partial charge is 0.280 e. The molecule has 1 heterocycles. The van der Waals surface area contributed by atoms with Crippen molar-refractivity contribution in [3.05, 3.63) is 77.3 Å². The minimum absolute atomic E-state index is 0.0384. The molecular formula is C21H19N3O4S2. The quantitative estimate of drug-likeness (QED) is 0.425. The van der Waals surface area contributed by atoms with Crippen LogP contribution in [0.15, 0.2) is 76.2 Å². The van der Waals surface area contributed by atoms with Gasteiger partial charge < -0.3 is 4.84 Å². The van der Waals surface area contributed by atoms with Crippen molar-refractivity contribution in [3.8, 4) is 0 Å². The number of nitrogens with zero attached hydrogens (tertiary/aromatic N) is 2. The van der Waals surface area contributed by atoms with E-state index in [1.165, 1.54) is 23.5 Å². The summed E-state index contributed by atoms with van der Waals surface area (Å²) in [6.07, 6.45) is 2.97. The lowest BCUT2D eigenvalue weighted by Gasteiger charge is -2.08. The molecule has 9 heteroatoms. The van der Waals surface area contributed by atoms with Crippen LogP contribution in [0.3, 0.4) is 0 Å². The van der Waals surface area contributed by atoms with Crippen molar-refractivity contribution < 1.29 is 18.0 Å². The minimum atomic E-state index is -3.30. The molecule has 1 fully saturated rings. The second-order valence-corrected chi connectivity index (χ2v) is 9.88. The molecule has 4 rings (SSSR count). The highest BCUT2D eigenvalue weighted by Gasteiger charge is 2.36. The van der Waals surface area contributed by atoms with Crippen molar-refractivity contribution >= 4 is 37.9 Å². The Balaban J connectivity index is 1.57. The number of aromatic nitrogens is 1. The third kappa shape index (κ3) is 4.74. The number of hydrogen-bond acceptors (Lipinski definition) is 7. The number of thiazole rings is 1. The van der Waals surface area contributed by atoms with Crippen LogP contribution < -0.4 is 5.32 Å². The molecule has 0 aliphatic heterocycles. The number of nitrogens with one attached hydrogen (secondary N) is 1. The summed E-state index contributed by atoms with van der Waals surface area (Å²) in [7, 11) is -3.30. The molecule has 1 aliphatic carbocycles. The predicted octanol–water partition coefficient (Wildman–Crippen LogP) is 3.64. The van der Waals surface area contributed by atoms with Crippen LogP contribution in [0.5, 0.6) is 0 Å². The van der Waals surface area contributed by atoms with Gasteiger partial charge in [0.25, 0.3) is 5.91 Å². The molecule has 2 aromatic carbocycles. The first kappa shape index (κ1) is 20.2. The molecule has 1 aliphatic rings. The molecule has 1 aromatic heterocycles. The SMILES string of the molecule is O=C(Nc1nccs1)C(=NOCc1ccccc1)c1ccc(S(=O)(=O)C2CC2)cc1. The third-order valence-corrected chi connectivity index (χ3v) is 7.48. The van der Waals surface area contributed by atoms with Crippen LogP contribution >= 0.6 is 11.3 Å². The predicted molar refractivity (Wildman–Crippen MR) is 115 cm³/mol. The van der Waals surface area contributed by atoms with Gasteiger partial charge in [-0.3, -0.25) is 10.1 Å². The van der Waals surface area contributed by atoms with E-state index >= 15 is 0 Å². The van der Waals surface area contributed by atoms with Gasteiger partial charge in [-0.2, -0.15) is 0 Å². The van der Waals surface area contributed by atoms with Gasteiger partial charge in [0, 0.05) is 17.1 Å². The maximum absolute atomic E-state index is 12.8. The standard InChI is InChI=1S/C21H19N3O4S2/c25-20(23-21-22-12-13-29-21)19(24-28-14-15-4-2-1-3-5-15)16-6-8-17(9-7-16)30(26,27)18-10-11-18/h1-9,12-13,18H,10-11,14H2,(H,22,23,25). The fourth-order valence-electron chi connectivity index (χ4n) is 2.79. The first-order valence-corrected chi connectivity index (χ1v) is 11.8. The highest BCUT2D eigenvalue weighted by molar-refractivity contribution is 7.92. The fraction of sp³-hybridized carbons (Fsp3) is 0.190. The van der Waals surface area contributed by atoms with Gasteiger partial charge in [-0.1, -0.05) is 47.6 Å². The van der Waals surface area contributed by atoms with Gasteiger partial charge in [0.2, 0.25) is 0 Å². The van der Waals surface area contributed by atoms with Crippen LogP contribution in [0.4, 0.5) is 5.13 Å². The third-order valence-electron chi connectivity index (χ3n) is 4.52. The van der Waals surface area contributed by atoms with E-state index in [0.717, 1.165) is 5.56 Å². The van der Waals surface area contributed by atoms with Crippen LogP contribution in [0.25, 0.3) is 0 Å². The highest BCUT2D eigenvalue weighted by atomic mass is 32.2. The maximum atomic E-state index is 12.8. The Kier molecular flexibility index (Phi) is 5.91. The summed E-state index contributed by atoms with van der Waals surface area (Å²) in [5, 5.41) is 8.61. The van der Waals surface area contributed by atoms with E-state index in [4.69, 9.17) is 4.84 Å². The van der Waals surface area contributed by atoms with E-state index in [1.54, 1.807) is 23.7 Å². The van der Waals surface area contributed by atoms with Crippen LogP contribution in [0.1, 0.15) is 24.0 Å². The number of carbonyl (C=O) groups excluding carboxylic acids is 1. The molecule has 3 aromatic rings. The zero-order valence-electron chi connectivity index (χ0n) is 15.9. The summed E-state index contributed by atoms with van der Waals surface area (Å²) in [6.45, 7) is 0.197.